The number of carbonyl (C=O) groups excluding carboxylic acids is 1. The number of allylic oxidation sites excluding steroid dienone is 1. The van der Waals surface area contributed by atoms with E-state index in [-0.39, 0.29) is 11.5 Å². The smallest absolute Gasteiger partial charge is 0.306 e. The summed E-state index contributed by atoms with van der Waals surface area (Å²) in [7, 11) is 0. The standard InChI is InChI=1S/C18H16N2O2/c1-11-3-4-13(12(2)9-11)6-8-17(21)14-5-7-15-16(10-14)20-18(22)19-15/h3-10H,1-2H3,(H2,19,20,22). The number of nitrogens with one attached hydrogen (secondary N) is 2. The summed E-state index contributed by atoms with van der Waals surface area (Å²) >= 11 is 0. The number of hydrogen-bond acceptors (Lipinski definition) is 2. The van der Waals surface area contributed by atoms with Gasteiger partial charge in [-0.2, -0.15) is 0 Å². The number of benzene rings is 2. The summed E-state index contributed by atoms with van der Waals surface area (Å²) in [6, 6.07) is 11.2. The fraction of sp³-hybridized carbons (Fsp3) is 0.111. The van der Waals surface area contributed by atoms with Crippen molar-refractivity contribution in [2.75, 3.05) is 0 Å². The van der Waals surface area contributed by atoms with E-state index in [1.165, 1.54) is 5.56 Å². The van der Waals surface area contributed by atoms with E-state index in [9.17, 15) is 9.59 Å². The van der Waals surface area contributed by atoms with Crippen LogP contribution < -0.4 is 5.69 Å². The van der Waals surface area contributed by atoms with Crippen LogP contribution in [-0.4, -0.2) is 15.8 Å². The molecule has 3 rings (SSSR count). The van der Waals surface area contributed by atoms with E-state index in [4.69, 9.17) is 0 Å². The first kappa shape index (κ1) is 14.1. The van der Waals surface area contributed by atoms with Crippen molar-refractivity contribution in [2.24, 2.45) is 0 Å². The molecule has 0 spiro atoms. The van der Waals surface area contributed by atoms with Gasteiger partial charge in [-0.05, 0) is 49.2 Å². The Morgan fingerprint density at radius 3 is 2.55 bits per heavy atom. The molecule has 0 aliphatic carbocycles. The van der Waals surface area contributed by atoms with Gasteiger partial charge < -0.3 is 9.97 Å². The van der Waals surface area contributed by atoms with Crippen LogP contribution in [0.3, 0.4) is 0 Å². The third-order valence-corrected chi connectivity index (χ3v) is 3.64. The lowest BCUT2D eigenvalue weighted by molar-refractivity contribution is 0.104. The molecule has 3 aromatic rings. The van der Waals surface area contributed by atoms with Crippen LogP contribution in [0.2, 0.25) is 0 Å². The van der Waals surface area contributed by atoms with Crippen molar-refractivity contribution in [3.8, 4) is 0 Å². The molecule has 2 N–H and O–H groups in total. The molecule has 1 heterocycles. The zero-order chi connectivity index (χ0) is 15.7. The number of ketones is 1. The molecule has 110 valence electrons. The number of imidazole rings is 1. The maximum absolute atomic E-state index is 12.3. The first-order valence-corrected chi connectivity index (χ1v) is 7.04. The molecular formula is C18H16N2O2. The van der Waals surface area contributed by atoms with Crippen LogP contribution >= 0.6 is 0 Å². The van der Waals surface area contributed by atoms with Gasteiger partial charge in [-0.25, -0.2) is 4.79 Å². The number of hydrogen-bond donors (Lipinski definition) is 2. The second-order valence-corrected chi connectivity index (χ2v) is 5.40. The quantitative estimate of drug-likeness (QED) is 0.574. The van der Waals surface area contributed by atoms with Crippen LogP contribution in [0.4, 0.5) is 0 Å². The normalized spacial score (nSPS) is 11.4. The van der Waals surface area contributed by atoms with Crippen LogP contribution in [0.5, 0.6) is 0 Å². The third kappa shape index (κ3) is 2.76. The largest absolute Gasteiger partial charge is 0.323 e. The Morgan fingerprint density at radius 1 is 1.00 bits per heavy atom. The van der Waals surface area contributed by atoms with Crippen LogP contribution in [-0.2, 0) is 0 Å². The molecule has 4 heteroatoms. The molecule has 0 fully saturated rings. The van der Waals surface area contributed by atoms with Crippen LogP contribution in [0.15, 0.2) is 47.3 Å². The van der Waals surface area contributed by atoms with Crippen molar-refractivity contribution in [1.82, 2.24) is 9.97 Å². The Kier molecular flexibility index (Phi) is 3.51. The lowest BCUT2D eigenvalue weighted by Crippen LogP contribution is -1.99. The van der Waals surface area contributed by atoms with Crippen molar-refractivity contribution < 1.29 is 4.79 Å². The molecule has 0 atom stereocenters. The molecule has 22 heavy (non-hydrogen) atoms. The first-order chi connectivity index (χ1) is 10.5. The van der Waals surface area contributed by atoms with Gasteiger partial charge in [-0.3, -0.25) is 4.79 Å². The average molecular weight is 292 g/mol. The van der Waals surface area contributed by atoms with Gasteiger partial charge in [0.15, 0.2) is 5.78 Å². The highest BCUT2D eigenvalue weighted by Crippen LogP contribution is 2.14. The van der Waals surface area contributed by atoms with E-state index in [1.54, 1.807) is 24.3 Å². The second-order valence-electron chi connectivity index (χ2n) is 5.40. The maximum atomic E-state index is 12.3. The summed E-state index contributed by atoms with van der Waals surface area (Å²) in [5, 5.41) is 0. The minimum atomic E-state index is -0.273. The van der Waals surface area contributed by atoms with Gasteiger partial charge in [0.05, 0.1) is 11.0 Å². The zero-order valence-electron chi connectivity index (χ0n) is 12.4. The summed E-state index contributed by atoms with van der Waals surface area (Å²) < 4.78 is 0. The molecular weight excluding hydrogens is 276 g/mol. The summed E-state index contributed by atoms with van der Waals surface area (Å²) in [4.78, 5) is 28.8. The van der Waals surface area contributed by atoms with Gasteiger partial charge in [0.2, 0.25) is 0 Å². The lowest BCUT2D eigenvalue weighted by atomic mass is 10.0. The van der Waals surface area contributed by atoms with Gasteiger partial charge in [0.1, 0.15) is 0 Å². The van der Waals surface area contributed by atoms with E-state index >= 15 is 0 Å². The average Bonchev–Trinajstić information content (AvgIpc) is 2.85. The van der Waals surface area contributed by atoms with E-state index in [0.29, 0.717) is 16.6 Å². The summed E-state index contributed by atoms with van der Waals surface area (Å²) in [6.07, 6.45) is 3.38. The van der Waals surface area contributed by atoms with Crippen LogP contribution in [0.1, 0.15) is 27.0 Å². The lowest BCUT2D eigenvalue weighted by Gasteiger charge is -2.01. The van der Waals surface area contributed by atoms with E-state index in [1.807, 2.05) is 32.1 Å². The zero-order valence-corrected chi connectivity index (χ0v) is 12.4. The Hall–Kier alpha value is -2.88. The molecule has 0 saturated carbocycles. The number of aromatic amines is 2. The molecule has 0 amide bonds. The molecule has 0 unspecified atom stereocenters. The highest BCUT2D eigenvalue weighted by Gasteiger charge is 2.05. The Bertz CT molecular complexity index is 945. The SMILES string of the molecule is Cc1ccc(C=CC(=O)c2ccc3[nH]c(=O)[nH]c3c2)c(C)c1. The predicted octanol–water partition coefficient (Wildman–Crippen LogP) is 3.37. The molecule has 2 aromatic carbocycles. The van der Waals surface area contributed by atoms with Crippen molar-refractivity contribution in [1.29, 1.82) is 0 Å². The molecule has 0 aliphatic rings. The highest BCUT2D eigenvalue weighted by atomic mass is 16.1. The molecule has 1 aromatic heterocycles. The fourth-order valence-electron chi connectivity index (χ4n) is 2.46. The van der Waals surface area contributed by atoms with Gasteiger partial charge in [0.25, 0.3) is 0 Å². The topological polar surface area (TPSA) is 65.7 Å². The van der Waals surface area contributed by atoms with Crippen molar-refractivity contribution in [3.63, 3.8) is 0 Å². The monoisotopic (exact) mass is 292 g/mol. The van der Waals surface area contributed by atoms with Gasteiger partial charge in [0, 0.05) is 5.56 Å². The minimum Gasteiger partial charge on any atom is -0.306 e. The Morgan fingerprint density at radius 2 is 1.77 bits per heavy atom. The number of aryl methyl sites for hydroxylation is 2. The molecule has 0 bridgehead atoms. The molecule has 0 radical (unpaired) electrons. The predicted molar refractivity (Wildman–Crippen MR) is 88.2 cm³/mol. The first-order valence-electron chi connectivity index (χ1n) is 7.04. The number of fused-ring (bicyclic) bond motifs is 1. The Balaban J connectivity index is 1.88. The summed E-state index contributed by atoms with van der Waals surface area (Å²) in [6.45, 7) is 4.06. The molecule has 4 nitrogen and oxygen atoms in total. The fourth-order valence-corrected chi connectivity index (χ4v) is 2.46. The number of aromatic nitrogens is 2. The van der Waals surface area contributed by atoms with Crippen LogP contribution in [0, 0.1) is 13.8 Å². The van der Waals surface area contributed by atoms with Crippen molar-refractivity contribution >= 4 is 22.9 Å². The summed E-state index contributed by atoms with van der Waals surface area (Å²) in [5.41, 5.74) is 4.96. The number of rotatable bonds is 3. The molecule has 0 saturated heterocycles. The van der Waals surface area contributed by atoms with Gasteiger partial charge in [-0.1, -0.05) is 29.8 Å². The van der Waals surface area contributed by atoms with E-state index < -0.39 is 0 Å². The highest BCUT2D eigenvalue weighted by molar-refractivity contribution is 6.08. The maximum Gasteiger partial charge on any atom is 0.323 e. The van der Waals surface area contributed by atoms with Gasteiger partial charge in [-0.15, -0.1) is 0 Å². The number of H-pyrrole nitrogens is 2. The minimum absolute atomic E-state index is 0.0936. The summed E-state index contributed by atoms with van der Waals surface area (Å²) in [5.74, 6) is -0.0936. The van der Waals surface area contributed by atoms with Crippen molar-refractivity contribution in [3.05, 3.63) is 75.2 Å². The van der Waals surface area contributed by atoms with Crippen molar-refractivity contribution in [2.45, 2.75) is 13.8 Å². The number of carbonyl (C=O) groups is 1. The molecule has 0 aliphatic heterocycles. The van der Waals surface area contributed by atoms with E-state index in [0.717, 1.165) is 11.1 Å². The van der Waals surface area contributed by atoms with Crippen LogP contribution in [0.25, 0.3) is 17.1 Å². The second kappa shape index (κ2) is 5.48. The third-order valence-electron chi connectivity index (χ3n) is 3.64. The van der Waals surface area contributed by atoms with E-state index in [2.05, 4.69) is 16.0 Å². The Labute approximate surface area is 127 Å². The van der Waals surface area contributed by atoms with Gasteiger partial charge >= 0.3 is 5.69 Å².